The Morgan fingerprint density at radius 2 is 1.42 bits per heavy atom. The maximum atomic E-state index is 10.2. The molecule has 0 bridgehead atoms. The minimum atomic E-state index is -4.23. The third-order valence-corrected chi connectivity index (χ3v) is 5.15. The average Bonchev–Trinajstić information content (AvgIpc) is 2.77. The fraction of sp³-hybridized carbons (Fsp3) is 0.522. The van der Waals surface area contributed by atoms with Crippen LogP contribution in [0.2, 0.25) is 0 Å². The largest absolute Gasteiger partial charge is 0.397 e. The molecule has 0 aliphatic heterocycles. The first kappa shape index (κ1) is 28.5. The molecule has 10 heteroatoms. The summed E-state index contributed by atoms with van der Waals surface area (Å²) in [5.74, 6) is 0.649. The zero-order valence-corrected chi connectivity index (χ0v) is 20.2. The van der Waals surface area contributed by atoms with Crippen LogP contribution in [0.1, 0.15) is 71.1 Å². The Bertz CT molecular complexity index is 908. The predicted molar refractivity (Wildman–Crippen MR) is 133 cm³/mol. The summed E-state index contributed by atoms with van der Waals surface area (Å²) in [5, 5.41) is 8.03. The van der Waals surface area contributed by atoms with Crippen LogP contribution in [0.3, 0.4) is 0 Å². The van der Waals surface area contributed by atoms with E-state index in [2.05, 4.69) is 26.3 Å². The molecular formula is C23H37N5O4S. The zero-order chi connectivity index (χ0) is 24.4. The van der Waals surface area contributed by atoms with Crippen LogP contribution in [-0.4, -0.2) is 24.6 Å². The number of hydrogen-bond acceptors (Lipinski definition) is 8. The Morgan fingerprint density at radius 1 is 0.848 bits per heavy atom. The summed E-state index contributed by atoms with van der Waals surface area (Å²) in [6, 6.07) is 12.7. The van der Waals surface area contributed by atoms with Crippen molar-refractivity contribution >= 4 is 33.4 Å². The van der Waals surface area contributed by atoms with Gasteiger partial charge >= 0.3 is 10.4 Å². The standard InChI is InChI=1S/C12H26O4S.C11H11N5/c1-2-3-4-5-6-7-8-9-10-11-12-16-17(13,14)15;12-10-7-6-9(11(13)14-10)16-15-8-4-2-1-3-5-8/h2-12H2,1H3,(H,13,14,15);1-7H,(H4,12,13,14)/b;16-15+. The molecule has 184 valence electrons. The smallest absolute Gasteiger partial charge is 0.384 e. The SMILES string of the molecule is CCCCCCCCCCCCOS(=O)(=O)O.Nc1ccc(/N=N/c2ccccc2)c(N)n1. The molecule has 9 nitrogen and oxygen atoms in total. The van der Waals surface area contributed by atoms with Gasteiger partial charge in [-0.3, -0.25) is 4.55 Å². The van der Waals surface area contributed by atoms with Gasteiger partial charge in [0.1, 0.15) is 11.5 Å². The van der Waals surface area contributed by atoms with Gasteiger partial charge in [-0.2, -0.15) is 13.5 Å². The van der Waals surface area contributed by atoms with E-state index in [1.54, 1.807) is 12.1 Å². The van der Waals surface area contributed by atoms with Gasteiger partial charge in [0.2, 0.25) is 0 Å². The summed E-state index contributed by atoms with van der Waals surface area (Å²) in [6.45, 7) is 2.31. The van der Waals surface area contributed by atoms with Crippen LogP contribution in [0.4, 0.5) is 23.0 Å². The molecule has 0 amide bonds. The van der Waals surface area contributed by atoms with Crippen molar-refractivity contribution < 1.29 is 17.2 Å². The number of rotatable bonds is 14. The van der Waals surface area contributed by atoms with Gasteiger partial charge in [0.25, 0.3) is 0 Å². The van der Waals surface area contributed by atoms with Gasteiger partial charge in [0, 0.05) is 0 Å². The second kappa shape index (κ2) is 17.0. The summed E-state index contributed by atoms with van der Waals surface area (Å²) in [4.78, 5) is 3.89. The zero-order valence-electron chi connectivity index (χ0n) is 19.4. The molecule has 2 aromatic rings. The maximum Gasteiger partial charge on any atom is 0.397 e. The van der Waals surface area contributed by atoms with Gasteiger partial charge < -0.3 is 11.5 Å². The summed E-state index contributed by atoms with van der Waals surface area (Å²) >= 11 is 0. The molecule has 1 aromatic heterocycles. The van der Waals surface area contributed by atoms with E-state index in [9.17, 15) is 8.42 Å². The van der Waals surface area contributed by atoms with E-state index in [0.29, 0.717) is 17.9 Å². The highest BCUT2D eigenvalue weighted by molar-refractivity contribution is 7.80. The third kappa shape index (κ3) is 15.8. The van der Waals surface area contributed by atoms with E-state index >= 15 is 0 Å². The van der Waals surface area contributed by atoms with Crippen molar-refractivity contribution in [1.29, 1.82) is 0 Å². The summed E-state index contributed by atoms with van der Waals surface area (Å²) in [6.07, 6.45) is 11.9. The number of benzene rings is 1. The molecule has 0 fully saturated rings. The van der Waals surface area contributed by atoms with Crippen molar-refractivity contribution in [2.75, 3.05) is 18.1 Å². The molecule has 2 rings (SSSR count). The first-order valence-corrected chi connectivity index (χ1v) is 12.8. The minimum Gasteiger partial charge on any atom is -0.384 e. The number of anilines is 2. The van der Waals surface area contributed by atoms with Crippen molar-refractivity contribution in [2.45, 2.75) is 71.1 Å². The maximum absolute atomic E-state index is 10.2. The van der Waals surface area contributed by atoms with E-state index < -0.39 is 10.4 Å². The van der Waals surface area contributed by atoms with Gasteiger partial charge in [-0.1, -0.05) is 82.9 Å². The lowest BCUT2D eigenvalue weighted by Gasteiger charge is -2.02. The van der Waals surface area contributed by atoms with Crippen LogP contribution in [-0.2, 0) is 14.6 Å². The molecule has 0 saturated carbocycles. The topological polar surface area (TPSA) is 153 Å². The Hall–Kier alpha value is -2.56. The fourth-order valence-corrected chi connectivity index (χ4v) is 3.26. The highest BCUT2D eigenvalue weighted by Crippen LogP contribution is 2.23. The third-order valence-electron chi connectivity index (χ3n) is 4.68. The van der Waals surface area contributed by atoms with E-state index in [-0.39, 0.29) is 12.4 Å². The van der Waals surface area contributed by atoms with Crippen LogP contribution < -0.4 is 11.5 Å². The molecule has 1 heterocycles. The van der Waals surface area contributed by atoms with E-state index in [4.69, 9.17) is 16.0 Å². The van der Waals surface area contributed by atoms with Crippen LogP contribution >= 0.6 is 0 Å². The van der Waals surface area contributed by atoms with E-state index in [1.807, 2.05) is 30.3 Å². The molecule has 33 heavy (non-hydrogen) atoms. The Morgan fingerprint density at radius 3 is 1.97 bits per heavy atom. The van der Waals surface area contributed by atoms with Gasteiger partial charge in [0.15, 0.2) is 5.82 Å². The van der Waals surface area contributed by atoms with Crippen molar-refractivity contribution in [3.63, 3.8) is 0 Å². The van der Waals surface area contributed by atoms with Gasteiger partial charge in [0.05, 0.1) is 12.3 Å². The lowest BCUT2D eigenvalue weighted by molar-refractivity contribution is 0.261. The first-order chi connectivity index (χ1) is 15.8. The highest BCUT2D eigenvalue weighted by Gasteiger charge is 2.02. The molecular weight excluding hydrogens is 442 g/mol. The number of azo groups is 1. The molecule has 0 unspecified atom stereocenters. The van der Waals surface area contributed by atoms with Crippen LogP contribution in [0, 0.1) is 0 Å². The van der Waals surface area contributed by atoms with E-state index in [0.717, 1.165) is 18.5 Å². The molecule has 0 aliphatic rings. The number of aromatic nitrogens is 1. The number of nitrogens with zero attached hydrogens (tertiary/aromatic N) is 3. The van der Waals surface area contributed by atoms with E-state index in [1.165, 1.54) is 44.9 Å². The number of unbranched alkanes of at least 4 members (excludes halogenated alkanes) is 9. The minimum absolute atomic E-state index is 0.0926. The van der Waals surface area contributed by atoms with Gasteiger partial charge in [-0.05, 0) is 30.7 Å². The number of nitrogen functional groups attached to an aromatic ring is 2. The fourth-order valence-electron chi connectivity index (χ4n) is 2.93. The molecule has 0 atom stereocenters. The normalized spacial score (nSPS) is 11.3. The van der Waals surface area contributed by atoms with Crippen molar-refractivity contribution in [2.24, 2.45) is 10.2 Å². The van der Waals surface area contributed by atoms with Crippen molar-refractivity contribution in [3.8, 4) is 0 Å². The second-order valence-corrected chi connectivity index (χ2v) is 8.70. The molecule has 0 aliphatic carbocycles. The Balaban J connectivity index is 0.000000330. The molecule has 0 radical (unpaired) electrons. The lowest BCUT2D eigenvalue weighted by atomic mass is 10.1. The second-order valence-electron chi connectivity index (χ2n) is 7.61. The monoisotopic (exact) mass is 479 g/mol. The van der Waals surface area contributed by atoms with Crippen LogP contribution in [0.5, 0.6) is 0 Å². The highest BCUT2D eigenvalue weighted by atomic mass is 32.3. The first-order valence-electron chi connectivity index (χ1n) is 11.4. The average molecular weight is 480 g/mol. The van der Waals surface area contributed by atoms with Crippen LogP contribution in [0.15, 0.2) is 52.7 Å². The Labute approximate surface area is 197 Å². The number of nitrogens with two attached hydrogens (primary N) is 2. The number of hydrogen-bond donors (Lipinski definition) is 3. The lowest BCUT2D eigenvalue weighted by Crippen LogP contribution is -2.04. The summed E-state index contributed by atoms with van der Waals surface area (Å²) < 4.78 is 33.0. The quantitative estimate of drug-likeness (QED) is 0.161. The number of pyridine rings is 1. The summed E-state index contributed by atoms with van der Waals surface area (Å²) in [5.41, 5.74) is 12.4. The van der Waals surface area contributed by atoms with Crippen LogP contribution in [0.25, 0.3) is 0 Å². The molecule has 5 N–H and O–H groups in total. The van der Waals surface area contributed by atoms with Crippen molar-refractivity contribution in [3.05, 3.63) is 42.5 Å². The molecule has 0 spiro atoms. The van der Waals surface area contributed by atoms with Gasteiger partial charge in [-0.25, -0.2) is 9.17 Å². The predicted octanol–water partition coefficient (Wildman–Crippen LogP) is 6.39. The van der Waals surface area contributed by atoms with Gasteiger partial charge in [-0.15, -0.1) is 5.11 Å². The van der Waals surface area contributed by atoms with Crippen molar-refractivity contribution in [1.82, 2.24) is 4.98 Å². The molecule has 0 saturated heterocycles. The molecule has 1 aromatic carbocycles. The Kier molecular flexibility index (Phi) is 14.7. The summed E-state index contributed by atoms with van der Waals surface area (Å²) in [7, 11) is -4.23.